The SMILES string of the molecule is Cc1cc(C)n(CC(=O)NCc2ccccc2CN2CCC(C)CC2)n1. The highest BCUT2D eigenvalue weighted by Gasteiger charge is 2.17. The topological polar surface area (TPSA) is 50.2 Å². The molecule has 0 unspecified atom stereocenters. The molecule has 1 amide bonds. The first-order valence-electron chi connectivity index (χ1n) is 9.58. The summed E-state index contributed by atoms with van der Waals surface area (Å²) < 4.78 is 1.76. The number of nitrogens with zero attached hydrogens (tertiary/aromatic N) is 3. The number of aromatic nitrogens is 2. The molecule has 0 bridgehead atoms. The van der Waals surface area contributed by atoms with Crippen molar-refractivity contribution in [2.45, 2.75) is 53.2 Å². The van der Waals surface area contributed by atoms with Crippen LogP contribution in [-0.2, 0) is 24.4 Å². The Kier molecular flexibility index (Phi) is 6.09. The van der Waals surface area contributed by atoms with Gasteiger partial charge in [-0.25, -0.2) is 0 Å². The van der Waals surface area contributed by atoms with Crippen LogP contribution in [0.15, 0.2) is 30.3 Å². The van der Waals surface area contributed by atoms with Crippen LogP contribution in [0.1, 0.15) is 42.3 Å². The molecule has 1 saturated heterocycles. The van der Waals surface area contributed by atoms with Crippen molar-refractivity contribution < 1.29 is 4.79 Å². The summed E-state index contributed by atoms with van der Waals surface area (Å²) in [5, 5.41) is 7.41. The normalized spacial score (nSPS) is 16.0. The zero-order valence-electron chi connectivity index (χ0n) is 16.2. The van der Waals surface area contributed by atoms with Crippen molar-refractivity contribution in [3.05, 3.63) is 52.8 Å². The lowest BCUT2D eigenvalue weighted by atomic mass is 9.98. The van der Waals surface area contributed by atoms with E-state index in [9.17, 15) is 4.79 Å². The van der Waals surface area contributed by atoms with Gasteiger partial charge in [-0.2, -0.15) is 5.10 Å². The number of carbonyl (C=O) groups excluding carboxylic acids is 1. The Bertz CT molecular complexity index is 744. The van der Waals surface area contributed by atoms with Crippen LogP contribution >= 0.6 is 0 Å². The van der Waals surface area contributed by atoms with Gasteiger partial charge in [0.1, 0.15) is 6.54 Å². The standard InChI is InChI=1S/C21H30N4O/c1-16-8-10-24(11-9-16)14-20-7-5-4-6-19(20)13-22-21(26)15-25-18(3)12-17(2)23-25/h4-7,12,16H,8-11,13-15H2,1-3H3,(H,22,26). The van der Waals surface area contributed by atoms with E-state index in [0.29, 0.717) is 6.54 Å². The summed E-state index contributed by atoms with van der Waals surface area (Å²) in [5.74, 6) is 0.841. The van der Waals surface area contributed by atoms with E-state index < -0.39 is 0 Å². The number of nitrogens with one attached hydrogen (secondary N) is 1. The van der Waals surface area contributed by atoms with Gasteiger partial charge in [-0.15, -0.1) is 0 Å². The maximum Gasteiger partial charge on any atom is 0.242 e. The third kappa shape index (κ3) is 4.94. The lowest BCUT2D eigenvalue weighted by Crippen LogP contribution is -2.33. The van der Waals surface area contributed by atoms with Crippen molar-refractivity contribution in [1.82, 2.24) is 20.0 Å². The molecule has 2 heterocycles. The van der Waals surface area contributed by atoms with E-state index in [1.165, 1.54) is 37.1 Å². The molecule has 26 heavy (non-hydrogen) atoms. The van der Waals surface area contributed by atoms with E-state index in [4.69, 9.17) is 0 Å². The second-order valence-corrected chi connectivity index (χ2v) is 7.59. The summed E-state index contributed by atoms with van der Waals surface area (Å²) in [6, 6.07) is 10.4. The fourth-order valence-corrected chi connectivity index (χ4v) is 3.57. The van der Waals surface area contributed by atoms with Crippen LogP contribution in [0.2, 0.25) is 0 Å². The number of rotatable bonds is 6. The van der Waals surface area contributed by atoms with E-state index >= 15 is 0 Å². The Morgan fingerprint density at radius 1 is 1.19 bits per heavy atom. The van der Waals surface area contributed by atoms with Crippen LogP contribution < -0.4 is 5.32 Å². The summed E-state index contributed by atoms with van der Waals surface area (Å²) in [5.41, 5.74) is 4.47. The molecule has 1 N–H and O–H groups in total. The number of likely N-dealkylation sites (tertiary alicyclic amines) is 1. The highest BCUT2D eigenvalue weighted by atomic mass is 16.2. The number of hydrogen-bond acceptors (Lipinski definition) is 3. The van der Waals surface area contributed by atoms with Crippen LogP contribution in [-0.4, -0.2) is 33.7 Å². The molecule has 0 aliphatic carbocycles. The maximum atomic E-state index is 12.3. The van der Waals surface area contributed by atoms with Crippen LogP contribution in [0.3, 0.4) is 0 Å². The van der Waals surface area contributed by atoms with Crippen molar-refractivity contribution in [3.63, 3.8) is 0 Å². The molecule has 1 aliphatic heterocycles. The third-order valence-corrected chi connectivity index (χ3v) is 5.26. The van der Waals surface area contributed by atoms with Gasteiger partial charge in [-0.05, 0) is 62.9 Å². The first kappa shape index (κ1) is 18.6. The molecule has 1 fully saturated rings. The zero-order chi connectivity index (χ0) is 18.5. The lowest BCUT2D eigenvalue weighted by molar-refractivity contribution is -0.122. The molecule has 5 nitrogen and oxygen atoms in total. The predicted molar refractivity (Wildman–Crippen MR) is 104 cm³/mol. The van der Waals surface area contributed by atoms with Gasteiger partial charge in [0.2, 0.25) is 5.91 Å². The first-order valence-corrected chi connectivity index (χ1v) is 9.58. The quantitative estimate of drug-likeness (QED) is 0.867. The summed E-state index contributed by atoms with van der Waals surface area (Å²) in [4.78, 5) is 14.8. The van der Waals surface area contributed by atoms with Crippen molar-refractivity contribution in [3.8, 4) is 0 Å². The lowest BCUT2D eigenvalue weighted by Gasteiger charge is -2.30. The van der Waals surface area contributed by atoms with Crippen LogP contribution in [0.25, 0.3) is 0 Å². The summed E-state index contributed by atoms with van der Waals surface area (Å²) in [6.45, 7) is 10.4. The van der Waals surface area contributed by atoms with Crippen molar-refractivity contribution in [1.29, 1.82) is 0 Å². The van der Waals surface area contributed by atoms with Gasteiger partial charge in [-0.3, -0.25) is 14.4 Å². The molecule has 0 atom stereocenters. The number of hydrogen-bond donors (Lipinski definition) is 1. The second-order valence-electron chi connectivity index (χ2n) is 7.59. The molecule has 5 heteroatoms. The zero-order valence-corrected chi connectivity index (χ0v) is 16.2. The number of benzene rings is 1. The van der Waals surface area contributed by atoms with Crippen LogP contribution in [0.5, 0.6) is 0 Å². The molecule has 0 spiro atoms. The van der Waals surface area contributed by atoms with Gasteiger partial charge in [0.25, 0.3) is 0 Å². The summed E-state index contributed by atoms with van der Waals surface area (Å²) in [6.07, 6.45) is 2.56. The average Bonchev–Trinajstić information content (AvgIpc) is 2.93. The van der Waals surface area contributed by atoms with Gasteiger partial charge in [0.15, 0.2) is 0 Å². The Labute approximate surface area is 156 Å². The number of piperidine rings is 1. The fraction of sp³-hybridized carbons (Fsp3) is 0.524. The van der Waals surface area contributed by atoms with E-state index in [-0.39, 0.29) is 12.5 Å². The molecule has 140 valence electrons. The molecule has 2 aromatic rings. The van der Waals surface area contributed by atoms with Gasteiger partial charge >= 0.3 is 0 Å². The minimum atomic E-state index is -0.00204. The predicted octanol–water partition coefficient (Wildman–Crippen LogP) is 3.05. The molecule has 3 rings (SSSR count). The monoisotopic (exact) mass is 354 g/mol. The largest absolute Gasteiger partial charge is 0.350 e. The third-order valence-electron chi connectivity index (χ3n) is 5.26. The maximum absolute atomic E-state index is 12.3. The minimum absolute atomic E-state index is 0.00204. The molecule has 1 aromatic carbocycles. The van der Waals surface area contributed by atoms with E-state index in [1.807, 2.05) is 26.0 Å². The molecular weight excluding hydrogens is 324 g/mol. The van der Waals surface area contributed by atoms with Crippen LogP contribution in [0, 0.1) is 19.8 Å². The van der Waals surface area contributed by atoms with Gasteiger partial charge in [0, 0.05) is 18.8 Å². The minimum Gasteiger partial charge on any atom is -0.350 e. The summed E-state index contributed by atoms with van der Waals surface area (Å²) >= 11 is 0. The summed E-state index contributed by atoms with van der Waals surface area (Å²) in [7, 11) is 0. The molecule has 0 saturated carbocycles. The Balaban J connectivity index is 1.56. The second kappa shape index (κ2) is 8.49. The number of amides is 1. The highest BCUT2D eigenvalue weighted by Crippen LogP contribution is 2.19. The smallest absolute Gasteiger partial charge is 0.242 e. The van der Waals surface area contributed by atoms with Crippen LogP contribution in [0.4, 0.5) is 0 Å². The Morgan fingerprint density at radius 3 is 2.54 bits per heavy atom. The van der Waals surface area contributed by atoms with E-state index in [0.717, 1.165) is 23.9 Å². The average molecular weight is 354 g/mol. The van der Waals surface area contributed by atoms with Crippen molar-refractivity contribution in [2.24, 2.45) is 5.92 Å². The van der Waals surface area contributed by atoms with E-state index in [2.05, 4.69) is 40.4 Å². The highest BCUT2D eigenvalue weighted by molar-refractivity contribution is 5.75. The fourth-order valence-electron chi connectivity index (χ4n) is 3.57. The molecule has 1 aromatic heterocycles. The first-order chi connectivity index (χ1) is 12.5. The van der Waals surface area contributed by atoms with Gasteiger partial charge in [0.05, 0.1) is 5.69 Å². The number of aryl methyl sites for hydroxylation is 2. The van der Waals surface area contributed by atoms with Gasteiger partial charge in [-0.1, -0.05) is 31.2 Å². The van der Waals surface area contributed by atoms with Gasteiger partial charge < -0.3 is 5.32 Å². The number of carbonyl (C=O) groups is 1. The molecule has 1 aliphatic rings. The Morgan fingerprint density at radius 2 is 1.88 bits per heavy atom. The molecular formula is C21H30N4O. The molecule has 0 radical (unpaired) electrons. The van der Waals surface area contributed by atoms with E-state index in [1.54, 1.807) is 4.68 Å². The van der Waals surface area contributed by atoms with Crippen molar-refractivity contribution in [2.75, 3.05) is 13.1 Å². The Hall–Kier alpha value is -2.14. The van der Waals surface area contributed by atoms with Crippen molar-refractivity contribution >= 4 is 5.91 Å².